The number of aliphatic carboxylic acids is 1. The molecule has 4 heteroatoms. The molecule has 2 atom stereocenters. The van der Waals surface area contributed by atoms with Crippen LogP contribution in [-0.2, 0) is 4.79 Å². The van der Waals surface area contributed by atoms with E-state index >= 15 is 0 Å². The molecule has 0 bridgehead atoms. The van der Waals surface area contributed by atoms with Crippen molar-refractivity contribution in [3.63, 3.8) is 0 Å². The van der Waals surface area contributed by atoms with E-state index in [0.717, 1.165) is 13.0 Å². The molecule has 0 spiro atoms. The van der Waals surface area contributed by atoms with Crippen LogP contribution in [0, 0.1) is 5.92 Å². The lowest BCUT2D eigenvalue weighted by molar-refractivity contribution is -0.138. The van der Waals surface area contributed by atoms with Gasteiger partial charge in [-0.3, -0.25) is 4.79 Å². The van der Waals surface area contributed by atoms with Crippen LogP contribution in [0.4, 0.5) is 0 Å². The first-order chi connectivity index (χ1) is 6.77. The van der Waals surface area contributed by atoms with Gasteiger partial charge in [-0.2, -0.15) is 0 Å². The Kier molecular flexibility index (Phi) is 2.84. The maximum Gasteiger partial charge on any atom is 0.303 e. The first-order valence-electron chi connectivity index (χ1n) is 4.76. The molecular formula is C10H13NO2S. The Hall–Kier alpha value is -0.870. The molecule has 14 heavy (non-hydrogen) atoms. The lowest BCUT2D eigenvalue weighted by Crippen LogP contribution is -2.18. The fraction of sp³-hybridized carbons (Fsp3) is 0.500. The molecule has 1 saturated heterocycles. The van der Waals surface area contributed by atoms with Gasteiger partial charge in [-0.05, 0) is 30.3 Å². The van der Waals surface area contributed by atoms with Gasteiger partial charge in [-0.1, -0.05) is 6.07 Å². The van der Waals surface area contributed by atoms with E-state index in [0.29, 0.717) is 0 Å². The van der Waals surface area contributed by atoms with Gasteiger partial charge in [-0.15, -0.1) is 11.3 Å². The molecule has 2 rings (SSSR count). The molecule has 0 radical (unpaired) electrons. The molecule has 76 valence electrons. The average molecular weight is 211 g/mol. The number of hydrogen-bond acceptors (Lipinski definition) is 3. The second-order valence-corrected chi connectivity index (χ2v) is 4.57. The Morgan fingerprint density at radius 2 is 2.57 bits per heavy atom. The quantitative estimate of drug-likeness (QED) is 0.802. The normalized spacial score (nSPS) is 26.6. The maximum absolute atomic E-state index is 10.6. The molecule has 1 aliphatic rings. The molecule has 1 aliphatic heterocycles. The van der Waals surface area contributed by atoms with E-state index in [4.69, 9.17) is 5.11 Å². The summed E-state index contributed by atoms with van der Waals surface area (Å²) in [5.74, 6) is -0.439. The van der Waals surface area contributed by atoms with Gasteiger partial charge >= 0.3 is 5.97 Å². The highest BCUT2D eigenvalue weighted by atomic mass is 32.1. The second-order valence-electron chi connectivity index (χ2n) is 3.59. The molecular weight excluding hydrogens is 198 g/mol. The van der Waals surface area contributed by atoms with Crippen molar-refractivity contribution in [2.75, 3.05) is 6.54 Å². The van der Waals surface area contributed by atoms with E-state index < -0.39 is 5.97 Å². The molecule has 2 N–H and O–H groups in total. The van der Waals surface area contributed by atoms with Crippen molar-refractivity contribution in [1.82, 2.24) is 5.32 Å². The summed E-state index contributed by atoms with van der Waals surface area (Å²) >= 11 is 1.70. The third-order valence-electron chi connectivity index (χ3n) is 2.64. The smallest absolute Gasteiger partial charge is 0.303 e. The zero-order valence-electron chi connectivity index (χ0n) is 7.77. The minimum Gasteiger partial charge on any atom is -0.481 e. The van der Waals surface area contributed by atoms with Gasteiger partial charge in [-0.25, -0.2) is 0 Å². The van der Waals surface area contributed by atoms with Crippen LogP contribution in [0.5, 0.6) is 0 Å². The Labute approximate surface area is 86.8 Å². The monoisotopic (exact) mass is 211 g/mol. The fourth-order valence-electron chi connectivity index (χ4n) is 2.00. The van der Waals surface area contributed by atoms with Crippen LogP contribution in [0.3, 0.4) is 0 Å². The SMILES string of the molecule is O=C(O)C[C@H]1CCN[C@@H]1c1cccs1. The molecule has 0 aromatic carbocycles. The number of rotatable bonds is 3. The van der Waals surface area contributed by atoms with Gasteiger partial charge in [0.25, 0.3) is 0 Å². The lowest BCUT2D eigenvalue weighted by Gasteiger charge is -2.15. The van der Waals surface area contributed by atoms with E-state index in [-0.39, 0.29) is 18.4 Å². The number of carbonyl (C=O) groups is 1. The summed E-state index contributed by atoms with van der Waals surface area (Å²) in [6, 6.07) is 4.34. The molecule has 3 nitrogen and oxygen atoms in total. The van der Waals surface area contributed by atoms with Gasteiger partial charge < -0.3 is 10.4 Å². The summed E-state index contributed by atoms with van der Waals surface area (Å²) in [4.78, 5) is 11.9. The highest BCUT2D eigenvalue weighted by molar-refractivity contribution is 7.10. The number of hydrogen-bond donors (Lipinski definition) is 2. The standard InChI is InChI=1S/C10H13NO2S/c12-9(13)6-7-3-4-11-10(7)8-2-1-5-14-8/h1-2,5,7,10-11H,3-4,6H2,(H,12,13)/t7-,10+/m1/s1. The Morgan fingerprint density at radius 1 is 1.71 bits per heavy atom. The van der Waals surface area contributed by atoms with Crippen molar-refractivity contribution >= 4 is 17.3 Å². The van der Waals surface area contributed by atoms with Crippen molar-refractivity contribution in [3.8, 4) is 0 Å². The van der Waals surface area contributed by atoms with Crippen molar-refractivity contribution in [1.29, 1.82) is 0 Å². The zero-order valence-corrected chi connectivity index (χ0v) is 8.59. The third kappa shape index (κ3) is 1.96. The number of carboxylic acids is 1. The molecule has 1 aromatic heterocycles. The predicted molar refractivity (Wildman–Crippen MR) is 55.4 cm³/mol. The summed E-state index contributed by atoms with van der Waals surface area (Å²) < 4.78 is 0. The minimum absolute atomic E-state index is 0.256. The summed E-state index contributed by atoms with van der Waals surface area (Å²) in [5.41, 5.74) is 0. The van der Waals surface area contributed by atoms with E-state index in [1.807, 2.05) is 11.4 Å². The Morgan fingerprint density at radius 3 is 3.21 bits per heavy atom. The van der Waals surface area contributed by atoms with Crippen molar-refractivity contribution in [2.45, 2.75) is 18.9 Å². The molecule has 2 heterocycles. The lowest BCUT2D eigenvalue weighted by atomic mass is 9.96. The topological polar surface area (TPSA) is 49.3 Å². The van der Waals surface area contributed by atoms with E-state index in [2.05, 4.69) is 11.4 Å². The molecule has 0 unspecified atom stereocenters. The van der Waals surface area contributed by atoms with Crippen LogP contribution >= 0.6 is 11.3 Å². The number of thiophene rings is 1. The van der Waals surface area contributed by atoms with Crippen LogP contribution < -0.4 is 5.32 Å². The van der Waals surface area contributed by atoms with E-state index in [1.54, 1.807) is 11.3 Å². The molecule has 0 saturated carbocycles. The number of carboxylic acid groups (broad SMARTS) is 1. The first kappa shape index (κ1) is 9.68. The van der Waals surface area contributed by atoms with Crippen LogP contribution in [0.25, 0.3) is 0 Å². The summed E-state index contributed by atoms with van der Waals surface area (Å²) in [7, 11) is 0. The van der Waals surface area contributed by atoms with Crippen molar-refractivity contribution < 1.29 is 9.90 Å². The van der Waals surface area contributed by atoms with Crippen LogP contribution in [0.2, 0.25) is 0 Å². The van der Waals surface area contributed by atoms with Crippen LogP contribution in [-0.4, -0.2) is 17.6 Å². The molecule has 1 fully saturated rings. The maximum atomic E-state index is 10.6. The average Bonchev–Trinajstić information content (AvgIpc) is 2.70. The van der Waals surface area contributed by atoms with Gasteiger partial charge in [0.05, 0.1) is 6.42 Å². The zero-order chi connectivity index (χ0) is 9.97. The predicted octanol–water partition coefficient (Wildman–Crippen LogP) is 1.87. The van der Waals surface area contributed by atoms with Crippen molar-refractivity contribution in [2.24, 2.45) is 5.92 Å². The Balaban J connectivity index is 2.07. The summed E-state index contributed by atoms with van der Waals surface area (Å²) in [6.07, 6.45) is 1.24. The van der Waals surface area contributed by atoms with E-state index in [1.165, 1.54) is 4.88 Å². The van der Waals surface area contributed by atoms with Crippen LogP contribution in [0.1, 0.15) is 23.8 Å². The second kappa shape index (κ2) is 4.11. The largest absolute Gasteiger partial charge is 0.481 e. The van der Waals surface area contributed by atoms with Gasteiger partial charge in [0.2, 0.25) is 0 Å². The molecule has 1 aromatic rings. The highest BCUT2D eigenvalue weighted by Crippen LogP contribution is 2.34. The van der Waals surface area contributed by atoms with Crippen molar-refractivity contribution in [3.05, 3.63) is 22.4 Å². The van der Waals surface area contributed by atoms with Gasteiger partial charge in [0, 0.05) is 10.9 Å². The number of nitrogens with one attached hydrogen (secondary N) is 1. The summed E-state index contributed by atoms with van der Waals surface area (Å²) in [6.45, 7) is 0.931. The minimum atomic E-state index is -0.694. The van der Waals surface area contributed by atoms with Gasteiger partial charge in [0.15, 0.2) is 0 Å². The third-order valence-corrected chi connectivity index (χ3v) is 3.59. The molecule has 0 aliphatic carbocycles. The fourth-order valence-corrected chi connectivity index (χ4v) is 2.90. The highest BCUT2D eigenvalue weighted by Gasteiger charge is 2.30. The van der Waals surface area contributed by atoms with E-state index in [9.17, 15) is 4.79 Å². The Bertz CT molecular complexity index is 310. The first-order valence-corrected chi connectivity index (χ1v) is 5.64. The van der Waals surface area contributed by atoms with Crippen LogP contribution in [0.15, 0.2) is 17.5 Å². The molecule has 0 amide bonds. The van der Waals surface area contributed by atoms with Gasteiger partial charge in [0.1, 0.15) is 0 Å². The summed E-state index contributed by atoms with van der Waals surface area (Å²) in [5, 5.41) is 14.2.